The van der Waals surface area contributed by atoms with Crippen molar-refractivity contribution >= 4 is 17.8 Å². The van der Waals surface area contributed by atoms with Crippen molar-refractivity contribution in [2.45, 2.75) is 25.9 Å². The summed E-state index contributed by atoms with van der Waals surface area (Å²) >= 11 is 0. The molecule has 0 unspecified atom stereocenters. The number of hydrogen-bond acceptors (Lipinski definition) is 7. The van der Waals surface area contributed by atoms with Crippen LogP contribution in [0.2, 0.25) is 0 Å². The van der Waals surface area contributed by atoms with Crippen LogP contribution in [0.15, 0.2) is 53.2 Å². The van der Waals surface area contributed by atoms with E-state index in [-0.39, 0.29) is 23.9 Å². The topological polar surface area (TPSA) is 124 Å². The molecule has 9 nitrogen and oxygen atoms in total. The number of anilines is 1. The van der Waals surface area contributed by atoms with E-state index in [1.807, 2.05) is 18.2 Å². The Morgan fingerprint density at radius 1 is 1.18 bits per heavy atom. The van der Waals surface area contributed by atoms with E-state index in [0.717, 1.165) is 49.3 Å². The molecule has 3 aromatic rings. The summed E-state index contributed by atoms with van der Waals surface area (Å²) in [5, 5.41) is 6.21. The maximum absolute atomic E-state index is 13.4. The number of carbonyl (C=O) groups is 2. The molecule has 0 radical (unpaired) electrons. The molecule has 0 atom stereocenters. The van der Waals surface area contributed by atoms with E-state index in [1.165, 1.54) is 18.2 Å². The Morgan fingerprint density at radius 2 is 2.00 bits per heavy atom. The number of benzene rings is 1. The third-order valence-electron chi connectivity index (χ3n) is 5.82. The second-order valence-electron chi connectivity index (χ2n) is 8.18. The Labute approximate surface area is 196 Å². The van der Waals surface area contributed by atoms with Gasteiger partial charge in [0.1, 0.15) is 11.6 Å². The van der Waals surface area contributed by atoms with Crippen molar-refractivity contribution in [1.29, 1.82) is 0 Å². The first-order valence-electron chi connectivity index (χ1n) is 11.1. The molecule has 1 aliphatic heterocycles. The van der Waals surface area contributed by atoms with Gasteiger partial charge in [-0.15, -0.1) is 0 Å². The van der Waals surface area contributed by atoms with Gasteiger partial charge in [0.25, 0.3) is 5.91 Å². The normalized spacial score (nSPS) is 14.1. The van der Waals surface area contributed by atoms with Crippen LogP contribution in [0.5, 0.6) is 0 Å². The number of pyridine rings is 1. The van der Waals surface area contributed by atoms with Gasteiger partial charge < -0.3 is 25.2 Å². The molecule has 1 aliphatic rings. The van der Waals surface area contributed by atoms with Crippen LogP contribution in [0.1, 0.15) is 35.5 Å². The zero-order chi connectivity index (χ0) is 23.9. The van der Waals surface area contributed by atoms with E-state index >= 15 is 0 Å². The number of halogens is 1. The van der Waals surface area contributed by atoms with Crippen LogP contribution in [0.3, 0.4) is 0 Å². The van der Waals surface area contributed by atoms with Crippen molar-refractivity contribution in [1.82, 2.24) is 15.5 Å². The van der Waals surface area contributed by atoms with Crippen molar-refractivity contribution in [3.63, 3.8) is 0 Å². The average molecular weight is 468 g/mol. The molecule has 0 aliphatic carbocycles. The second-order valence-corrected chi connectivity index (χ2v) is 8.18. The summed E-state index contributed by atoms with van der Waals surface area (Å²) in [5.74, 6) is 0.679. The van der Waals surface area contributed by atoms with Gasteiger partial charge in [0.05, 0.1) is 0 Å². The van der Waals surface area contributed by atoms with Crippen molar-refractivity contribution in [3.05, 3.63) is 65.9 Å². The van der Waals surface area contributed by atoms with E-state index in [9.17, 15) is 14.0 Å². The number of amides is 2. The highest BCUT2D eigenvalue weighted by Gasteiger charge is 2.20. The van der Waals surface area contributed by atoms with Gasteiger partial charge in [0, 0.05) is 37.5 Å². The van der Waals surface area contributed by atoms with Crippen LogP contribution in [0.4, 0.5) is 15.0 Å². The Kier molecular flexibility index (Phi) is 7.36. The Bertz CT molecular complexity index is 1130. The van der Waals surface area contributed by atoms with Crippen LogP contribution in [-0.4, -0.2) is 41.8 Å². The fourth-order valence-corrected chi connectivity index (χ4v) is 3.93. The minimum Gasteiger partial charge on any atom is -0.441 e. The van der Waals surface area contributed by atoms with Gasteiger partial charge in [-0.3, -0.25) is 4.79 Å². The summed E-state index contributed by atoms with van der Waals surface area (Å²) in [7, 11) is 0. The highest BCUT2D eigenvalue weighted by molar-refractivity contribution is 5.90. The molecular weight excluding hydrogens is 441 g/mol. The summed E-state index contributed by atoms with van der Waals surface area (Å²) in [6, 6.07) is 11.8. The monoisotopic (exact) mass is 467 g/mol. The molecule has 3 N–H and O–H groups in total. The fraction of sp³-hybridized carbons (Fsp3) is 0.333. The lowest BCUT2D eigenvalue weighted by Crippen LogP contribution is -2.35. The molecule has 0 saturated carbocycles. The Balaban J connectivity index is 1.15. The molecule has 178 valence electrons. The molecule has 2 aromatic heterocycles. The molecule has 0 bridgehead atoms. The first kappa shape index (κ1) is 23.2. The lowest BCUT2D eigenvalue weighted by molar-refractivity contribution is 0.0989. The minimum absolute atomic E-state index is 0.0110. The highest BCUT2D eigenvalue weighted by Crippen LogP contribution is 2.26. The number of alkyl carbamates (subject to hydrolysis) is 1. The number of nitrogens with one attached hydrogen (secondary N) is 1. The van der Waals surface area contributed by atoms with Gasteiger partial charge in [-0.2, -0.15) is 0 Å². The van der Waals surface area contributed by atoms with Crippen LogP contribution < -0.4 is 16.0 Å². The lowest BCUT2D eigenvalue weighted by atomic mass is 9.93. The third kappa shape index (κ3) is 6.09. The highest BCUT2D eigenvalue weighted by atomic mass is 19.1. The van der Waals surface area contributed by atoms with Crippen LogP contribution in [0.25, 0.3) is 11.1 Å². The third-order valence-corrected chi connectivity index (χ3v) is 5.82. The van der Waals surface area contributed by atoms with Gasteiger partial charge in [-0.05, 0) is 55.0 Å². The molecule has 1 fully saturated rings. The number of nitrogens with zero attached hydrogens (tertiary/aromatic N) is 3. The quantitative estimate of drug-likeness (QED) is 0.520. The first-order valence-corrected chi connectivity index (χ1v) is 11.1. The SMILES string of the molecule is NC(=O)c1cc(COC(=O)NCCC2CCN(c3ccc(-c4cccc(F)c4)cn3)CC2)on1. The van der Waals surface area contributed by atoms with Gasteiger partial charge in [0.15, 0.2) is 18.1 Å². The number of ether oxygens (including phenoxy) is 1. The molecule has 2 amide bonds. The van der Waals surface area contributed by atoms with E-state index in [2.05, 4.69) is 20.4 Å². The summed E-state index contributed by atoms with van der Waals surface area (Å²) in [6.45, 7) is 2.15. The Hall–Kier alpha value is -3.95. The molecule has 34 heavy (non-hydrogen) atoms. The van der Waals surface area contributed by atoms with Gasteiger partial charge in [0.2, 0.25) is 0 Å². The minimum atomic E-state index is -0.706. The second kappa shape index (κ2) is 10.8. The van der Waals surface area contributed by atoms with E-state index in [1.54, 1.807) is 12.3 Å². The van der Waals surface area contributed by atoms with Gasteiger partial charge >= 0.3 is 6.09 Å². The van der Waals surface area contributed by atoms with Crippen LogP contribution in [-0.2, 0) is 11.3 Å². The average Bonchev–Trinajstić information content (AvgIpc) is 3.33. The number of carbonyl (C=O) groups excluding carboxylic acids is 2. The summed E-state index contributed by atoms with van der Waals surface area (Å²) in [6.07, 6.45) is 4.06. The molecule has 1 saturated heterocycles. The van der Waals surface area contributed by atoms with Crippen molar-refractivity contribution in [2.75, 3.05) is 24.5 Å². The number of primary amides is 1. The van der Waals surface area contributed by atoms with E-state index < -0.39 is 12.0 Å². The maximum Gasteiger partial charge on any atom is 0.407 e. The van der Waals surface area contributed by atoms with Crippen molar-refractivity contribution in [3.8, 4) is 11.1 Å². The standard InChI is InChI=1S/C24H26FN5O4/c25-19-3-1-2-17(12-19)18-4-5-22(28-14-18)30-10-7-16(8-11-30)6-9-27-24(32)33-15-20-13-21(23(26)31)29-34-20/h1-5,12-14,16H,6-11,15H2,(H2,26,31)(H,27,32). The smallest absolute Gasteiger partial charge is 0.407 e. The zero-order valence-corrected chi connectivity index (χ0v) is 18.6. The zero-order valence-electron chi connectivity index (χ0n) is 18.6. The maximum atomic E-state index is 13.4. The molecule has 0 spiro atoms. The van der Waals surface area contributed by atoms with Gasteiger partial charge in [-0.25, -0.2) is 14.2 Å². The molecule has 3 heterocycles. The summed E-state index contributed by atoms with van der Waals surface area (Å²) in [4.78, 5) is 29.7. The first-order chi connectivity index (χ1) is 16.5. The number of aromatic nitrogens is 2. The summed E-state index contributed by atoms with van der Waals surface area (Å²) in [5.41, 5.74) is 6.77. The van der Waals surface area contributed by atoms with Gasteiger partial charge in [-0.1, -0.05) is 17.3 Å². The van der Waals surface area contributed by atoms with Crippen molar-refractivity contribution in [2.24, 2.45) is 11.7 Å². The molecule has 10 heteroatoms. The lowest BCUT2D eigenvalue weighted by Gasteiger charge is -2.32. The van der Waals surface area contributed by atoms with E-state index in [0.29, 0.717) is 12.5 Å². The number of hydrogen-bond donors (Lipinski definition) is 2. The number of rotatable bonds is 8. The van der Waals surface area contributed by atoms with Crippen LogP contribution in [0, 0.1) is 11.7 Å². The number of piperidine rings is 1. The molecule has 4 rings (SSSR count). The summed E-state index contributed by atoms with van der Waals surface area (Å²) < 4.78 is 23.4. The van der Waals surface area contributed by atoms with Crippen LogP contribution >= 0.6 is 0 Å². The fourth-order valence-electron chi connectivity index (χ4n) is 3.93. The predicted octanol–water partition coefficient (Wildman–Crippen LogP) is 3.51. The predicted molar refractivity (Wildman–Crippen MR) is 122 cm³/mol. The number of nitrogens with two attached hydrogens (primary N) is 1. The largest absolute Gasteiger partial charge is 0.441 e. The molecule has 1 aromatic carbocycles. The molecular formula is C24H26FN5O4. The van der Waals surface area contributed by atoms with Crippen molar-refractivity contribution < 1.29 is 23.2 Å². The van der Waals surface area contributed by atoms with E-state index in [4.69, 9.17) is 15.0 Å². The Morgan fingerprint density at radius 3 is 2.68 bits per heavy atom.